The Morgan fingerprint density at radius 1 is 1.10 bits per heavy atom. The highest BCUT2D eigenvalue weighted by molar-refractivity contribution is 5.84. The fraction of sp³-hybridized carbons (Fsp3) is 0.400. The van der Waals surface area contributed by atoms with Crippen LogP contribution in [-0.4, -0.2) is 24.3 Å². The van der Waals surface area contributed by atoms with E-state index >= 15 is 0 Å². The molecule has 0 aliphatic carbocycles. The summed E-state index contributed by atoms with van der Waals surface area (Å²) in [5.74, 6) is 0.729. The number of methoxy groups -OCH3 is 2. The van der Waals surface area contributed by atoms with E-state index in [0.717, 1.165) is 0 Å². The van der Waals surface area contributed by atoms with Gasteiger partial charge in [0.1, 0.15) is 0 Å². The first-order chi connectivity index (χ1) is 9.29. The number of ether oxygens (including phenoxy) is 2. The average Bonchev–Trinajstić information content (AvgIpc) is 2.40. The third kappa shape index (κ3) is 2.19. The van der Waals surface area contributed by atoms with E-state index in [1.54, 1.807) is 12.1 Å². The molecule has 0 saturated carbocycles. The van der Waals surface area contributed by atoms with Gasteiger partial charge in [-0.15, -0.1) is 0 Å². The molecule has 0 aliphatic heterocycles. The minimum absolute atomic E-state index is 0.253. The smallest absolute Gasteiger partial charge is 0.231 e. The van der Waals surface area contributed by atoms with Crippen molar-refractivity contribution < 1.29 is 14.6 Å². The SMILES string of the molecule is COc1cc2[nH]c(C(C)(C)C)c(O)c(=O)c2cc1OC. The standard InChI is InChI=1S/C15H19NO4/c1-15(2,3)14-13(18)12(17)8-6-10(19-4)11(20-5)7-9(8)16-14/h6-7,18H,1-5H3,(H,16,17). The Labute approximate surface area is 117 Å². The summed E-state index contributed by atoms with van der Waals surface area (Å²) in [5.41, 5.74) is 0.326. The van der Waals surface area contributed by atoms with Gasteiger partial charge in [-0.25, -0.2) is 0 Å². The molecule has 1 heterocycles. The Kier molecular flexibility index (Phi) is 3.38. The first kappa shape index (κ1) is 14.2. The number of nitrogens with one attached hydrogen (secondary N) is 1. The first-order valence-corrected chi connectivity index (χ1v) is 6.31. The number of hydrogen-bond acceptors (Lipinski definition) is 4. The lowest BCUT2D eigenvalue weighted by molar-refractivity contribution is 0.355. The van der Waals surface area contributed by atoms with Gasteiger partial charge < -0.3 is 19.6 Å². The van der Waals surface area contributed by atoms with Crippen molar-refractivity contribution in [3.8, 4) is 17.2 Å². The van der Waals surface area contributed by atoms with Gasteiger partial charge in [0.25, 0.3) is 0 Å². The first-order valence-electron chi connectivity index (χ1n) is 6.31. The summed E-state index contributed by atoms with van der Waals surface area (Å²) in [6.45, 7) is 5.76. The van der Waals surface area contributed by atoms with Crippen molar-refractivity contribution in [3.63, 3.8) is 0 Å². The van der Waals surface area contributed by atoms with Crippen LogP contribution in [0.4, 0.5) is 0 Å². The molecule has 2 N–H and O–H groups in total. The van der Waals surface area contributed by atoms with Gasteiger partial charge in [-0.1, -0.05) is 20.8 Å². The maximum absolute atomic E-state index is 12.3. The number of hydrogen-bond donors (Lipinski definition) is 2. The quantitative estimate of drug-likeness (QED) is 0.885. The maximum Gasteiger partial charge on any atom is 0.231 e. The van der Waals surface area contributed by atoms with E-state index < -0.39 is 5.43 Å². The van der Waals surface area contributed by atoms with E-state index in [9.17, 15) is 9.90 Å². The number of benzene rings is 1. The van der Waals surface area contributed by atoms with Gasteiger partial charge in [-0.05, 0) is 6.07 Å². The fourth-order valence-corrected chi connectivity index (χ4v) is 2.15. The lowest BCUT2D eigenvalue weighted by atomic mass is 9.90. The van der Waals surface area contributed by atoms with Crippen LogP contribution in [-0.2, 0) is 5.41 Å². The largest absolute Gasteiger partial charge is 0.503 e. The summed E-state index contributed by atoms with van der Waals surface area (Å²) >= 11 is 0. The number of rotatable bonds is 2. The normalized spacial score (nSPS) is 11.7. The lowest BCUT2D eigenvalue weighted by Crippen LogP contribution is -2.18. The molecule has 0 atom stereocenters. The highest BCUT2D eigenvalue weighted by Crippen LogP contribution is 2.33. The Bertz CT molecular complexity index is 710. The molecule has 2 aromatic rings. The lowest BCUT2D eigenvalue weighted by Gasteiger charge is -2.20. The van der Waals surface area contributed by atoms with Gasteiger partial charge >= 0.3 is 0 Å². The van der Waals surface area contributed by atoms with Crippen molar-refractivity contribution in [1.29, 1.82) is 0 Å². The monoisotopic (exact) mass is 277 g/mol. The summed E-state index contributed by atoms with van der Waals surface area (Å²) in [6, 6.07) is 3.27. The summed E-state index contributed by atoms with van der Waals surface area (Å²) in [7, 11) is 3.04. The second-order valence-electron chi connectivity index (χ2n) is 5.68. The van der Waals surface area contributed by atoms with E-state index in [1.807, 2.05) is 20.8 Å². The van der Waals surface area contributed by atoms with Crippen LogP contribution < -0.4 is 14.9 Å². The Hall–Kier alpha value is -2.17. The number of H-pyrrole nitrogens is 1. The van der Waals surface area contributed by atoms with Gasteiger partial charge in [0.15, 0.2) is 17.2 Å². The van der Waals surface area contributed by atoms with Crippen LogP contribution in [0.25, 0.3) is 10.9 Å². The number of aromatic hydroxyl groups is 1. The molecule has 1 aromatic carbocycles. The summed E-state index contributed by atoms with van der Waals surface area (Å²) in [4.78, 5) is 15.4. The number of aromatic amines is 1. The molecular formula is C15H19NO4. The Balaban J connectivity index is 2.88. The zero-order valence-corrected chi connectivity index (χ0v) is 12.3. The molecular weight excluding hydrogens is 258 g/mol. The molecule has 5 nitrogen and oxygen atoms in total. The van der Waals surface area contributed by atoms with Crippen LogP contribution in [0.1, 0.15) is 26.5 Å². The van der Waals surface area contributed by atoms with Gasteiger partial charge in [-0.3, -0.25) is 4.79 Å². The van der Waals surface area contributed by atoms with Gasteiger partial charge in [0.2, 0.25) is 5.43 Å². The maximum atomic E-state index is 12.3. The molecule has 0 saturated heterocycles. The second-order valence-corrected chi connectivity index (χ2v) is 5.68. The molecule has 0 fully saturated rings. The highest BCUT2D eigenvalue weighted by Gasteiger charge is 2.23. The van der Waals surface area contributed by atoms with Crippen molar-refractivity contribution in [3.05, 3.63) is 28.0 Å². The van der Waals surface area contributed by atoms with E-state index in [4.69, 9.17) is 9.47 Å². The predicted octanol–water partition coefficient (Wildman–Crippen LogP) is 2.55. The number of aromatic nitrogens is 1. The predicted molar refractivity (Wildman–Crippen MR) is 78.0 cm³/mol. The van der Waals surface area contributed by atoms with E-state index in [1.165, 1.54) is 14.2 Å². The minimum Gasteiger partial charge on any atom is -0.503 e. The van der Waals surface area contributed by atoms with Crippen molar-refractivity contribution in [1.82, 2.24) is 4.98 Å². The molecule has 2 rings (SSSR count). The molecule has 20 heavy (non-hydrogen) atoms. The van der Waals surface area contributed by atoms with Crippen LogP contribution in [0.2, 0.25) is 0 Å². The molecule has 108 valence electrons. The zero-order chi connectivity index (χ0) is 15.1. The molecule has 0 amide bonds. The van der Waals surface area contributed by atoms with Crippen molar-refractivity contribution in [2.45, 2.75) is 26.2 Å². The van der Waals surface area contributed by atoms with Crippen LogP contribution in [0.5, 0.6) is 17.2 Å². The van der Waals surface area contributed by atoms with Crippen molar-refractivity contribution >= 4 is 10.9 Å². The topological polar surface area (TPSA) is 71.5 Å². The molecule has 0 spiro atoms. The van der Waals surface area contributed by atoms with Gasteiger partial charge in [0, 0.05) is 11.5 Å². The number of pyridine rings is 1. The summed E-state index contributed by atoms with van der Waals surface area (Å²) in [6.07, 6.45) is 0. The van der Waals surface area contributed by atoms with E-state index in [2.05, 4.69) is 4.98 Å². The molecule has 0 radical (unpaired) electrons. The fourth-order valence-electron chi connectivity index (χ4n) is 2.15. The molecule has 0 aliphatic rings. The Morgan fingerprint density at radius 3 is 2.15 bits per heavy atom. The second kappa shape index (κ2) is 4.74. The average molecular weight is 277 g/mol. The summed E-state index contributed by atoms with van der Waals surface area (Å²) < 4.78 is 10.4. The van der Waals surface area contributed by atoms with E-state index in [-0.39, 0.29) is 11.2 Å². The molecule has 5 heteroatoms. The van der Waals surface area contributed by atoms with Gasteiger partial charge in [0.05, 0.1) is 30.8 Å². The minimum atomic E-state index is -0.412. The van der Waals surface area contributed by atoms with Crippen LogP contribution in [0.15, 0.2) is 16.9 Å². The van der Waals surface area contributed by atoms with Crippen LogP contribution >= 0.6 is 0 Å². The number of fused-ring (bicyclic) bond motifs is 1. The molecule has 0 bridgehead atoms. The van der Waals surface area contributed by atoms with Gasteiger partial charge in [-0.2, -0.15) is 0 Å². The van der Waals surface area contributed by atoms with E-state index in [0.29, 0.717) is 28.1 Å². The molecule has 1 aromatic heterocycles. The zero-order valence-electron chi connectivity index (χ0n) is 12.3. The van der Waals surface area contributed by atoms with Crippen LogP contribution in [0, 0.1) is 0 Å². The highest BCUT2D eigenvalue weighted by atomic mass is 16.5. The third-order valence-corrected chi connectivity index (χ3v) is 3.23. The third-order valence-electron chi connectivity index (χ3n) is 3.23. The molecule has 0 unspecified atom stereocenters. The summed E-state index contributed by atoms with van der Waals surface area (Å²) in [5, 5.41) is 10.5. The Morgan fingerprint density at radius 2 is 1.65 bits per heavy atom. The van der Waals surface area contributed by atoms with Crippen LogP contribution in [0.3, 0.4) is 0 Å². The van der Waals surface area contributed by atoms with Crippen molar-refractivity contribution in [2.24, 2.45) is 0 Å². The van der Waals surface area contributed by atoms with Crippen molar-refractivity contribution in [2.75, 3.05) is 14.2 Å².